The average molecular weight is 587 g/mol. The molecule has 0 radical (unpaired) electrons. The van der Waals surface area contributed by atoms with Crippen LogP contribution in [0.25, 0.3) is 5.95 Å². The Bertz CT molecular complexity index is 1540. The third-order valence-corrected chi connectivity index (χ3v) is 7.84. The zero-order valence-electron chi connectivity index (χ0n) is 23.1. The number of halogens is 1. The Kier molecular flexibility index (Phi) is 7.91. The molecule has 2 aliphatic rings. The quantitative estimate of drug-likeness (QED) is 0.317. The third kappa shape index (κ3) is 6.15. The number of nitrogens with zero attached hydrogens (tertiary/aromatic N) is 6. The number of fused-ring (bicyclic) bond motifs is 1. The van der Waals surface area contributed by atoms with Gasteiger partial charge in [0.1, 0.15) is 23.0 Å². The number of nitrogens with one attached hydrogen (secondary N) is 2. The maximum absolute atomic E-state index is 13.4. The first kappa shape index (κ1) is 27.5. The predicted octanol–water partition coefficient (Wildman–Crippen LogP) is 3.72. The topological polar surface area (TPSA) is 118 Å². The Balaban J connectivity index is 1.20. The number of carbonyl (C=O) groups is 2. The molecule has 1 atom stereocenters. The molecule has 4 aromatic rings. The van der Waals surface area contributed by atoms with Crippen molar-refractivity contribution in [2.24, 2.45) is 0 Å². The molecule has 1 saturated heterocycles. The number of anilines is 2. The Labute approximate surface area is 248 Å². The number of imidazole rings is 1. The van der Waals surface area contributed by atoms with Crippen LogP contribution in [0.4, 0.5) is 16.3 Å². The van der Waals surface area contributed by atoms with E-state index in [0.29, 0.717) is 42.8 Å². The molecule has 0 spiro atoms. The monoisotopic (exact) mass is 586 g/mol. The lowest BCUT2D eigenvalue weighted by atomic mass is 10.1. The van der Waals surface area contributed by atoms with E-state index in [4.69, 9.17) is 21.3 Å². The van der Waals surface area contributed by atoms with Crippen LogP contribution in [0, 0.1) is 0 Å². The molecule has 42 heavy (non-hydrogen) atoms. The summed E-state index contributed by atoms with van der Waals surface area (Å²) in [4.78, 5) is 43.6. The summed E-state index contributed by atoms with van der Waals surface area (Å²) in [5.41, 5.74) is 3.20. The van der Waals surface area contributed by atoms with Gasteiger partial charge in [0.2, 0.25) is 11.9 Å². The van der Waals surface area contributed by atoms with Crippen LogP contribution in [0.1, 0.15) is 17.5 Å². The number of carbonyl (C=O) groups excluding carboxylic acids is 2. The van der Waals surface area contributed by atoms with Gasteiger partial charge >= 0.3 is 6.03 Å². The van der Waals surface area contributed by atoms with Gasteiger partial charge in [0, 0.05) is 56.2 Å². The molecule has 216 valence electrons. The minimum atomic E-state index is -0.342. The van der Waals surface area contributed by atoms with Crippen molar-refractivity contribution in [3.63, 3.8) is 0 Å². The molecule has 2 N–H and O–H groups in total. The highest BCUT2D eigenvalue weighted by Gasteiger charge is 2.33. The highest BCUT2D eigenvalue weighted by molar-refractivity contribution is 6.29. The van der Waals surface area contributed by atoms with Gasteiger partial charge in [-0.3, -0.25) is 9.36 Å². The average Bonchev–Trinajstić information content (AvgIpc) is 3.67. The van der Waals surface area contributed by atoms with E-state index in [-0.39, 0.29) is 35.6 Å². The smallest absolute Gasteiger partial charge is 0.321 e. The summed E-state index contributed by atoms with van der Waals surface area (Å²) in [7, 11) is 1.60. The SMILES string of the molecule is COc1ccc(NC(=O)N2CCN(c3cc(Cl)nc(-n4ccnc4)n3)C(CC(=O)NC3Cc4ccccc4C3)C2)cc1. The van der Waals surface area contributed by atoms with E-state index in [1.54, 1.807) is 65.6 Å². The molecule has 3 amide bonds. The first-order valence-electron chi connectivity index (χ1n) is 13.8. The Hall–Kier alpha value is -4.64. The van der Waals surface area contributed by atoms with Crippen molar-refractivity contribution >= 4 is 35.0 Å². The Morgan fingerprint density at radius 2 is 1.81 bits per heavy atom. The second-order valence-corrected chi connectivity index (χ2v) is 10.8. The van der Waals surface area contributed by atoms with Crippen molar-refractivity contribution in [1.82, 2.24) is 29.7 Å². The number of hydrogen-bond donors (Lipinski definition) is 2. The summed E-state index contributed by atoms with van der Waals surface area (Å²) in [6.45, 7) is 1.21. The minimum Gasteiger partial charge on any atom is -0.497 e. The number of ether oxygens (including phenoxy) is 1. The highest BCUT2D eigenvalue weighted by atomic mass is 35.5. The van der Waals surface area contributed by atoms with Crippen LogP contribution in [0.5, 0.6) is 5.75 Å². The molecule has 2 aromatic carbocycles. The zero-order valence-corrected chi connectivity index (χ0v) is 23.9. The maximum Gasteiger partial charge on any atom is 0.321 e. The van der Waals surface area contributed by atoms with Crippen molar-refractivity contribution in [2.75, 3.05) is 37.0 Å². The van der Waals surface area contributed by atoms with E-state index in [0.717, 1.165) is 12.8 Å². The molecule has 1 fully saturated rings. The van der Waals surface area contributed by atoms with Gasteiger partial charge in [0.15, 0.2) is 0 Å². The number of aromatic nitrogens is 4. The molecular formula is C30H31ClN8O3. The number of methoxy groups -OCH3 is 1. The summed E-state index contributed by atoms with van der Waals surface area (Å²) < 4.78 is 6.88. The normalized spacial score (nSPS) is 16.7. The van der Waals surface area contributed by atoms with Crippen molar-refractivity contribution in [1.29, 1.82) is 0 Å². The first-order chi connectivity index (χ1) is 20.4. The molecule has 3 heterocycles. The largest absolute Gasteiger partial charge is 0.497 e. The summed E-state index contributed by atoms with van der Waals surface area (Å²) in [5.74, 6) is 1.59. The van der Waals surface area contributed by atoms with Crippen LogP contribution in [0.2, 0.25) is 5.15 Å². The van der Waals surface area contributed by atoms with Crippen LogP contribution < -0.4 is 20.3 Å². The Morgan fingerprint density at radius 1 is 1.05 bits per heavy atom. The predicted molar refractivity (Wildman–Crippen MR) is 159 cm³/mol. The first-order valence-corrected chi connectivity index (χ1v) is 14.2. The molecule has 1 aliphatic heterocycles. The fourth-order valence-corrected chi connectivity index (χ4v) is 5.76. The fraction of sp³-hybridized carbons (Fsp3) is 0.300. The minimum absolute atomic E-state index is 0.0442. The van der Waals surface area contributed by atoms with E-state index in [9.17, 15) is 9.59 Å². The van der Waals surface area contributed by atoms with Gasteiger partial charge in [-0.15, -0.1) is 0 Å². The van der Waals surface area contributed by atoms with Crippen molar-refractivity contribution in [3.05, 3.63) is 89.6 Å². The zero-order chi connectivity index (χ0) is 29.1. The van der Waals surface area contributed by atoms with Crippen LogP contribution in [0.15, 0.2) is 73.3 Å². The molecule has 0 bridgehead atoms. The fourth-order valence-electron chi connectivity index (χ4n) is 5.59. The van der Waals surface area contributed by atoms with Crippen LogP contribution in [-0.4, -0.2) is 75.2 Å². The molecule has 2 aromatic heterocycles. The van der Waals surface area contributed by atoms with Gasteiger partial charge in [-0.25, -0.2) is 14.8 Å². The molecule has 1 unspecified atom stereocenters. The second-order valence-electron chi connectivity index (χ2n) is 10.4. The van der Waals surface area contributed by atoms with Gasteiger partial charge < -0.3 is 25.2 Å². The van der Waals surface area contributed by atoms with E-state index in [1.807, 2.05) is 17.0 Å². The summed E-state index contributed by atoms with van der Waals surface area (Å²) >= 11 is 6.41. The standard InChI is InChI=1S/C30H31ClN8O3/c1-42-25-8-6-22(7-9-25)34-30(41)37-12-13-39(27-17-26(31)35-29(36-27)38-11-10-32-19-38)24(18-37)16-28(40)33-23-14-20-4-2-3-5-21(20)15-23/h2-11,17,19,23-24H,12-16,18H2,1H3,(H,33,40)(H,34,41). The van der Waals surface area contributed by atoms with E-state index in [1.165, 1.54) is 11.1 Å². The third-order valence-electron chi connectivity index (χ3n) is 7.65. The maximum atomic E-state index is 13.4. The molecule has 6 rings (SSSR count). The van der Waals surface area contributed by atoms with Gasteiger partial charge in [-0.1, -0.05) is 35.9 Å². The summed E-state index contributed by atoms with van der Waals surface area (Å²) in [6.07, 6.45) is 6.77. The van der Waals surface area contributed by atoms with Gasteiger partial charge in [0.25, 0.3) is 0 Å². The lowest BCUT2D eigenvalue weighted by Gasteiger charge is -2.42. The highest BCUT2D eigenvalue weighted by Crippen LogP contribution is 2.26. The number of rotatable bonds is 7. The van der Waals surface area contributed by atoms with Crippen LogP contribution >= 0.6 is 11.6 Å². The van der Waals surface area contributed by atoms with Gasteiger partial charge in [0.05, 0.1) is 13.2 Å². The van der Waals surface area contributed by atoms with Gasteiger partial charge in [-0.05, 0) is 48.2 Å². The summed E-state index contributed by atoms with van der Waals surface area (Å²) in [6, 6.07) is 16.6. The number of amides is 3. The van der Waals surface area contributed by atoms with E-state index < -0.39 is 0 Å². The Morgan fingerprint density at radius 3 is 2.50 bits per heavy atom. The number of piperazine rings is 1. The van der Waals surface area contributed by atoms with Crippen molar-refractivity contribution in [2.45, 2.75) is 31.3 Å². The molecular weight excluding hydrogens is 556 g/mol. The number of urea groups is 1. The van der Waals surface area contributed by atoms with Gasteiger partial charge in [-0.2, -0.15) is 4.98 Å². The molecule has 0 saturated carbocycles. The van der Waals surface area contributed by atoms with Crippen LogP contribution in [-0.2, 0) is 17.6 Å². The lowest BCUT2D eigenvalue weighted by molar-refractivity contribution is -0.122. The molecule has 12 heteroatoms. The number of hydrogen-bond acceptors (Lipinski definition) is 7. The van der Waals surface area contributed by atoms with Crippen LogP contribution in [0.3, 0.4) is 0 Å². The number of benzene rings is 2. The molecule has 11 nitrogen and oxygen atoms in total. The van der Waals surface area contributed by atoms with Crippen molar-refractivity contribution < 1.29 is 14.3 Å². The van der Waals surface area contributed by atoms with E-state index in [2.05, 4.69) is 32.7 Å². The van der Waals surface area contributed by atoms with Crippen molar-refractivity contribution in [3.8, 4) is 11.7 Å². The second kappa shape index (κ2) is 12.1. The molecule has 1 aliphatic carbocycles. The van der Waals surface area contributed by atoms with E-state index >= 15 is 0 Å². The lowest BCUT2D eigenvalue weighted by Crippen LogP contribution is -2.57. The summed E-state index contributed by atoms with van der Waals surface area (Å²) in [5, 5.41) is 6.44.